The molecular formula is C30H44F5NO3SSi. The number of ether oxygens (including phenoxy) is 1. The number of hydrogen-bond acceptors (Lipinski definition) is 4. The molecule has 0 saturated carbocycles. The first-order valence-electron chi connectivity index (χ1n) is 14.2. The first-order chi connectivity index (χ1) is 18.4. The Morgan fingerprint density at radius 1 is 1.05 bits per heavy atom. The van der Waals surface area contributed by atoms with Gasteiger partial charge < -0.3 is 14.3 Å². The zero-order valence-electron chi connectivity index (χ0n) is 25.3. The summed E-state index contributed by atoms with van der Waals surface area (Å²) < 4.78 is 79.5. The van der Waals surface area contributed by atoms with Gasteiger partial charge in [0.05, 0.1) is 11.8 Å². The summed E-state index contributed by atoms with van der Waals surface area (Å²) in [5.41, 5.74) is 3.93. The molecule has 4 nitrogen and oxygen atoms in total. The fourth-order valence-corrected chi connectivity index (χ4v) is 7.76. The van der Waals surface area contributed by atoms with Gasteiger partial charge in [-0.05, 0) is 79.4 Å². The molecule has 2 atom stereocenters. The Balaban J connectivity index is 1.89. The molecule has 1 aromatic heterocycles. The standard InChI is InChI=1S/C30H44F5NO3SSi/c1-19-25-23(17-30(5,6)18-24(25)39-41(7,8)29(2,3)4)36-27(20-13-15-38-16-14-20)26(19)28(37)21-9-11-22(12-10-21)40(31,32,33,34)35/h9-12,20,24,28,37H,13-18H2,1-8H3/t24-,28+/m0/s1. The molecule has 11 heteroatoms. The van der Waals surface area contributed by atoms with Crippen LogP contribution in [0.1, 0.15) is 106 Å². The third-order valence-electron chi connectivity index (χ3n) is 9.12. The van der Waals surface area contributed by atoms with Crippen molar-refractivity contribution in [1.82, 2.24) is 4.98 Å². The molecule has 1 aliphatic heterocycles. The highest BCUT2D eigenvalue weighted by atomic mass is 32.5. The molecule has 232 valence electrons. The topological polar surface area (TPSA) is 51.6 Å². The van der Waals surface area contributed by atoms with Gasteiger partial charge in [0.15, 0.2) is 8.32 Å². The number of nitrogens with zero attached hydrogens (tertiary/aromatic N) is 1. The molecule has 1 saturated heterocycles. The molecule has 2 aliphatic rings. The van der Waals surface area contributed by atoms with Gasteiger partial charge in [0, 0.05) is 36.0 Å². The zero-order chi connectivity index (χ0) is 30.9. The normalized spacial score (nSPS) is 22.9. The highest BCUT2D eigenvalue weighted by molar-refractivity contribution is 8.45. The van der Waals surface area contributed by atoms with Crippen LogP contribution in [0.3, 0.4) is 0 Å². The zero-order valence-corrected chi connectivity index (χ0v) is 27.1. The molecule has 0 spiro atoms. The van der Waals surface area contributed by atoms with Crippen LogP contribution in [0.5, 0.6) is 0 Å². The lowest BCUT2D eigenvalue weighted by molar-refractivity contribution is 0.0827. The monoisotopic (exact) mass is 621 g/mol. The molecule has 4 rings (SSSR count). The van der Waals surface area contributed by atoms with E-state index >= 15 is 0 Å². The number of aliphatic hydroxyl groups is 1. The summed E-state index contributed by atoms with van der Waals surface area (Å²) in [6, 6.07) is 2.61. The lowest BCUT2D eigenvalue weighted by Gasteiger charge is -2.45. The number of aromatic nitrogens is 1. The van der Waals surface area contributed by atoms with Gasteiger partial charge >= 0.3 is 10.2 Å². The molecule has 0 amide bonds. The van der Waals surface area contributed by atoms with Crippen LogP contribution in [0.2, 0.25) is 18.1 Å². The molecular weight excluding hydrogens is 577 g/mol. The van der Waals surface area contributed by atoms with Gasteiger partial charge in [0.1, 0.15) is 11.0 Å². The van der Waals surface area contributed by atoms with E-state index in [1.165, 1.54) is 0 Å². The number of rotatable bonds is 6. The molecule has 1 aliphatic carbocycles. The van der Waals surface area contributed by atoms with E-state index < -0.39 is 29.5 Å². The molecule has 0 bridgehead atoms. The van der Waals surface area contributed by atoms with Gasteiger partial charge in [0.2, 0.25) is 0 Å². The van der Waals surface area contributed by atoms with Crippen LogP contribution >= 0.6 is 10.2 Å². The van der Waals surface area contributed by atoms with Crippen LogP contribution < -0.4 is 0 Å². The van der Waals surface area contributed by atoms with Crippen molar-refractivity contribution in [2.45, 2.75) is 108 Å². The Kier molecular flexibility index (Phi) is 7.69. The van der Waals surface area contributed by atoms with Gasteiger partial charge in [0.25, 0.3) is 0 Å². The fraction of sp³-hybridized carbons (Fsp3) is 0.633. The molecule has 2 heterocycles. The second-order valence-electron chi connectivity index (χ2n) is 14.1. The molecule has 1 aromatic carbocycles. The molecule has 2 aromatic rings. The third-order valence-corrected chi connectivity index (χ3v) is 14.8. The highest BCUT2D eigenvalue weighted by Crippen LogP contribution is 3.02. The molecule has 1 fully saturated rings. The first-order valence-corrected chi connectivity index (χ1v) is 19.1. The lowest BCUT2D eigenvalue weighted by Crippen LogP contribution is -2.44. The first kappa shape index (κ1) is 32.4. The number of benzene rings is 1. The maximum absolute atomic E-state index is 13.4. The van der Waals surface area contributed by atoms with Crippen LogP contribution in [0, 0.1) is 12.3 Å². The summed E-state index contributed by atoms with van der Waals surface area (Å²) in [5, 5.41) is 11.7. The highest BCUT2D eigenvalue weighted by Gasteiger charge is 2.65. The smallest absolute Gasteiger partial charge is 0.310 e. The Labute approximate surface area is 241 Å². The number of hydrogen-bond donors (Lipinski definition) is 1. The van der Waals surface area contributed by atoms with Gasteiger partial charge in [-0.3, -0.25) is 4.98 Å². The van der Waals surface area contributed by atoms with Crippen molar-refractivity contribution in [3.05, 3.63) is 57.9 Å². The SMILES string of the molecule is Cc1c([C@H](O)c2ccc(S(F)(F)(F)(F)F)cc2)c(C2CCOCC2)nc2c1[C@@H](O[Si](C)(C)C(C)(C)C)CC(C)(C)C2. The average molecular weight is 622 g/mol. The van der Waals surface area contributed by atoms with E-state index in [1.54, 1.807) is 0 Å². The Morgan fingerprint density at radius 2 is 1.61 bits per heavy atom. The van der Waals surface area contributed by atoms with E-state index in [2.05, 4.69) is 47.7 Å². The predicted octanol–water partition coefficient (Wildman–Crippen LogP) is 10.1. The number of fused-ring (bicyclic) bond motifs is 1. The maximum atomic E-state index is 13.4. The Morgan fingerprint density at radius 3 is 2.12 bits per heavy atom. The lowest BCUT2D eigenvalue weighted by atomic mass is 9.72. The van der Waals surface area contributed by atoms with E-state index in [4.69, 9.17) is 14.1 Å². The molecule has 0 radical (unpaired) electrons. The summed E-state index contributed by atoms with van der Waals surface area (Å²) in [5.74, 6) is -0.00818. The van der Waals surface area contributed by atoms with Crippen molar-refractivity contribution in [3.63, 3.8) is 0 Å². The average Bonchev–Trinajstić information content (AvgIpc) is 2.80. The second-order valence-corrected chi connectivity index (χ2v) is 21.3. The van der Waals surface area contributed by atoms with Gasteiger partial charge in [-0.2, -0.15) is 0 Å². The Bertz CT molecular complexity index is 1300. The molecule has 41 heavy (non-hydrogen) atoms. The quantitative estimate of drug-likeness (QED) is 0.258. The number of pyridine rings is 1. The minimum atomic E-state index is -9.84. The van der Waals surface area contributed by atoms with Gasteiger partial charge in [-0.1, -0.05) is 66.2 Å². The molecule has 0 unspecified atom stereocenters. The summed E-state index contributed by atoms with van der Waals surface area (Å²) in [4.78, 5) is 3.21. The van der Waals surface area contributed by atoms with Crippen LogP contribution in [-0.4, -0.2) is 31.6 Å². The number of aliphatic hydroxyl groups excluding tert-OH is 1. The van der Waals surface area contributed by atoms with Crippen molar-refractivity contribution in [3.8, 4) is 0 Å². The van der Waals surface area contributed by atoms with E-state index in [1.807, 2.05) is 6.92 Å². The predicted molar refractivity (Wildman–Crippen MR) is 157 cm³/mol. The van der Waals surface area contributed by atoms with Crippen molar-refractivity contribution in [2.75, 3.05) is 13.2 Å². The van der Waals surface area contributed by atoms with E-state index in [0.717, 1.165) is 41.8 Å². The van der Waals surface area contributed by atoms with Crippen molar-refractivity contribution >= 4 is 18.5 Å². The van der Waals surface area contributed by atoms with Crippen molar-refractivity contribution < 1.29 is 33.7 Å². The van der Waals surface area contributed by atoms with E-state index in [-0.39, 0.29) is 28.0 Å². The van der Waals surface area contributed by atoms with E-state index in [0.29, 0.717) is 49.4 Å². The van der Waals surface area contributed by atoms with Crippen molar-refractivity contribution in [1.29, 1.82) is 0 Å². The van der Waals surface area contributed by atoms with Crippen LogP contribution in [-0.2, 0) is 15.6 Å². The van der Waals surface area contributed by atoms with Crippen molar-refractivity contribution in [2.24, 2.45) is 5.41 Å². The summed E-state index contributed by atoms with van der Waals surface area (Å²) in [7, 11) is -12.1. The summed E-state index contributed by atoms with van der Waals surface area (Å²) in [6.45, 7) is 18.3. The van der Waals surface area contributed by atoms with Gasteiger partial charge in [-0.25, -0.2) is 0 Å². The summed E-state index contributed by atoms with van der Waals surface area (Å²) >= 11 is 0. The second kappa shape index (κ2) is 9.74. The van der Waals surface area contributed by atoms with Crippen LogP contribution in [0.15, 0.2) is 29.2 Å². The largest absolute Gasteiger partial charge is 0.410 e. The summed E-state index contributed by atoms with van der Waals surface area (Å²) in [6.07, 6.45) is 1.28. The van der Waals surface area contributed by atoms with Gasteiger partial charge in [-0.15, -0.1) is 0 Å². The number of halogens is 5. The minimum Gasteiger partial charge on any atom is -0.410 e. The fourth-order valence-electron chi connectivity index (χ4n) is 5.85. The van der Waals surface area contributed by atoms with Crippen LogP contribution in [0.4, 0.5) is 19.4 Å². The minimum absolute atomic E-state index is 0.00818. The maximum Gasteiger partial charge on any atom is 0.310 e. The molecule has 1 N–H and O–H groups in total. The van der Waals surface area contributed by atoms with E-state index in [9.17, 15) is 24.5 Å². The Hall–Kier alpha value is -1.53. The van der Waals surface area contributed by atoms with Crippen LogP contribution in [0.25, 0.3) is 0 Å². The third kappa shape index (κ3) is 6.84.